The number of nitrogens with zero attached hydrogens (tertiary/aromatic N) is 1. The highest BCUT2D eigenvalue weighted by Crippen LogP contribution is 2.38. The van der Waals surface area contributed by atoms with E-state index < -0.39 is 0 Å². The second-order valence-electron chi connectivity index (χ2n) is 5.28. The third-order valence-electron chi connectivity index (χ3n) is 4.56. The van der Waals surface area contributed by atoms with Crippen molar-refractivity contribution < 1.29 is 4.79 Å². The van der Waals surface area contributed by atoms with Gasteiger partial charge in [0.15, 0.2) is 0 Å². The molecule has 0 spiro atoms. The first-order valence-corrected chi connectivity index (χ1v) is 6.73. The van der Waals surface area contributed by atoms with Gasteiger partial charge < -0.3 is 4.90 Å². The van der Waals surface area contributed by atoms with E-state index in [9.17, 15) is 4.79 Å². The molecule has 3 nitrogen and oxygen atoms in total. The average molecular weight is 224 g/mol. The number of amides is 1. The summed E-state index contributed by atoms with van der Waals surface area (Å²) in [6, 6.07) is 0.484. The van der Waals surface area contributed by atoms with Crippen molar-refractivity contribution in [2.75, 3.05) is 6.54 Å². The fourth-order valence-corrected chi connectivity index (χ4v) is 3.52. The van der Waals surface area contributed by atoms with Crippen LogP contribution in [-0.4, -0.2) is 29.6 Å². The summed E-state index contributed by atoms with van der Waals surface area (Å²) in [5, 5.41) is 3.31. The summed E-state index contributed by atoms with van der Waals surface area (Å²) in [7, 11) is 0. The Morgan fingerprint density at radius 2 is 2.06 bits per heavy atom. The van der Waals surface area contributed by atoms with Gasteiger partial charge in [-0.25, -0.2) is 0 Å². The third kappa shape index (κ3) is 1.86. The molecule has 2 aliphatic rings. The number of carbonyl (C=O) groups is 1. The van der Waals surface area contributed by atoms with Crippen LogP contribution >= 0.6 is 0 Å². The van der Waals surface area contributed by atoms with Crippen molar-refractivity contribution in [1.82, 2.24) is 10.2 Å². The summed E-state index contributed by atoms with van der Waals surface area (Å²) in [6.07, 6.45) is 5.05. The number of hydrogen-bond donors (Lipinski definition) is 1. The maximum atomic E-state index is 11.9. The van der Waals surface area contributed by atoms with Crippen LogP contribution in [0.5, 0.6) is 0 Å². The molecule has 0 aromatic heterocycles. The Balaban J connectivity index is 2.09. The molecule has 16 heavy (non-hydrogen) atoms. The molecule has 1 saturated heterocycles. The molecule has 1 aliphatic carbocycles. The van der Waals surface area contributed by atoms with Crippen LogP contribution in [0.1, 0.15) is 46.5 Å². The summed E-state index contributed by atoms with van der Waals surface area (Å²) in [5.74, 6) is 1.79. The van der Waals surface area contributed by atoms with Gasteiger partial charge in [0, 0.05) is 6.04 Å². The maximum Gasteiger partial charge on any atom is 0.238 e. The molecule has 4 atom stereocenters. The van der Waals surface area contributed by atoms with Gasteiger partial charge in [-0.1, -0.05) is 27.2 Å². The first kappa shape index (κ1) is 11.9. The summed E-state index contributed by atoms with van der Waals surface area (Å²) < 4.78 is 0. The quantitative estimate of drug-likeness (QED) is 0.795. The van der Waals surface area contributed by atoms with E-state index in [1.165, 1.54) is 19.3 Å². The molecule has 1 saturated carbocycles. The number of hydrogen-bond acceptors (Lipinski definition) is 2. The largest absolute Gasteiger partial charge is 0.323 e. The van der Waals surface area contributed by atoms with Crippen molar-refractivity contribution in [2.24, 2.45) is 11.8 Å². The lowest BCUT2D eigenvalue weighted by Crippen LogP contribution is -2.46. The van der Waals surface area contributed by atoms with Gasteiger partial charge in [-0.15, -0.1) is 0 Å². The second kappa shape index (κ2) is 4.74. The van der Waals surface area contributed by atoms with Crippen molar-refractivity contribution in [3.05, 3.63) is 0 Å². The highest BCUT2D eigenvalue weighted by atomic mass is 16.2. The van der Waals surface area contributed by atoms with E-state index in [0.717, 1.165) is 12.3 Å². The third-order valence-corrected chi connectivity index (χ3v) is 4.56. The molecule has 0 aromatic rings. The summed E-state index contributed by atoms with van der Waals surface area (Å²) in [5.41, 5.74) is 0. The topological polar surface area (TPSA) is 32.3 Å². The summed E-state index contributed by atoms with van der Waals surface area (Å²) in [4.78, 5) is 14.1. The van der Waals surface area contributed by atoms with Crippen LogP contribution < -0.4 is 5.32 Å². The van der Waals surface area contributed by atoms with Crippen LogP contribution in [0.25, 0.3) is 0 Å². The monoisotopic (exact) mass is 224 g/mol. The summed E-state index contributed by atoms with van der Waals surface area (Å²) >= 11 is 0. The molecular formula is C13H24N2O. The Labute approximate surface area is 98.6 Å². The zero-order valence-electron chi connectivity index (χ0n) is 10.7. The minimum atomic E-state index is 0.288. The van der Waals surface area contributed by atoms with Gasteiger partial charge >= 0.3 is 0 Å². The highest BCUT2D eigenvalue weighted by Gasteiger charge is 2.42. The Bertz CT molecular complexity index is 267. The van der Waals surface area contributed by atoms with Crippen molar-refractivity contribution in [3.8, 4) is 0 Å². The Hall–Kier alpha value is -0.570. The molecule has 3 heteroatoms. The van der Waals surface area contributed by atoms with Crippen molar-refractivity contribution in [2.45, 2.75) is 58.7 Å². The molecule has 4 unspecified atom stereocenters. The highest BCUT2D eigenvalue weighted by molar-refractivity contribution is 5.81. The molecule has 0 aromatic carbocycles. The van der Waals surface area contributed by atoms with E-state index in [2.05, 4.69) is 31.0 Å². The Kier molecular flexibility index (Phi) is 3.53. The van der Waals surface area contributed by atoms with E-state index in [1.807, 2.05) is 0 Å². The molecule has 1 amide bonds. The Morgan fingerprint density at radius 3 is 2.62 bits per heavy atom. The summed E-state index contributed by atoms with van der Waals surface area (Å²) in [6.45, 7) is 7.29. The van der Waals surface area contributed by atoms with Crippen molar-refractivity contribution in [1.29, 1.82) is 0 Å². The van der Waals surface area contributed by atoms with Gasteiger partial charge in [-0.3, -0.25) is 10.1 Å². The molecule has 1 heterocycles. The van der Waals surface area contributed by atoms with Crippen LogP contribution in [0.15, 0.2) is 0 Å². The van der Waals surface area contributed by atoms with Crippen LogP contribution in [0, 0.1) is 11.8 Å². The minimum absolute atomic E-state index is 0.288. The van der Waals surface area contributed by atoms with Crippen LogP contribution in [0.4, 0.5) is 0 Å². The van der Waals surface area contributed by atoms with Crippen LogP contribution in [-0.2, 0) is 4.79 Å². The molecule has 2 rings (SSSR count). The minimum Gasteiger partial charge on any atom is -0.323 e. The normalized spacial score (nSPS) is 39.7. The van der Waals surface area contributed by atoms with Crippen molar-refractivity contribution >= 4 is 5.91 Å². The number of rotatable bonds is 3. The standard InChI is InChI=1S/C13H24N2O/c1-4-10-6-7-11(9(10)3)15-12(5-2)14-8-13(15)16/h9-12,14H,4-8H2,1-3H3. The average Bonchev–Trinajstić information content (AvgIpc) is 2.81. The maximum absolute atomic E-state index is 11.9. The predicted octanol–water partition coefficient (Wildman–Crippen LogP) is 1.98. The van der Waals surface area contributed by atoms with E-state index in [4.69, 9.17) is 0 Å². The zero-order valence-corrected chi connectivity index (χ0v) is 10.7. The fraction of sp³-hybridized carbons (Fsp3) is 0.923. The van der Waals surface area contributed by atoms with Crippen LogP contribution in [0.2, 0.25) is 0 Å². The van der Waals surface area contributed by atoms with Gasteiger partial charge in [-0.2, -0.15) is 0 Å². The van der Waals surface area contributed by atoms with E-state index in [1.54, 1.807) is 0 Å². The molecular weight excluding hydrogens is 200 g/mol. The zero-order chi connectivity index (χ0) is 11.7. The lowest BCUT2D eigenvalue weighted by atomic mass is 9.92. The molecule has 92 valence electrons. The molecule has 1 aliphatic heterocycles. The first-order chi connectivity index (χ1) is 7.69. The van der Waals surface area contributed by atoms with Gasteiger partial charge in [-0.05, 0) is 31.1 Å². The molecule has 0 radical (unpaired) electrons. The SMILES string of the molecule is CCC1CCC(N2C(=O)CNC2CC)C1C. The molecule has 2 fully saturated rings. The van der Waals surface area contributed by atoms with Gasteiger partial charge in [0.1, 0.15) is 0 Å². The van der Waals surface area contributed by atoms with Crippen molar-refractivity contribution in [3.63, 3.8) is 0 Å². The smallest absolute Gasteiger partial charge is 0.238 e. The van der Waals surface area contributed by atoms with Crippen LogP contribution in [0.3, 0.4) is 0 Å². The predicted molar refractivity (Wildman–Crippen MR) is 64.9 cm³/mol. The van der Waals surface area contributed by atoms with E-state index in [0.29, 0.717) is 24.4 Å². The first-order valence-electron chi connectivity index (χ1n) is 6.73. The second-order valence-corrected chi connectivity index (χ2v) is 5.28. The number of carbonyl (C=O) groups excluding carboxylic acids is 1. The Morgan fingerprint density at radius 1 is 1.31 bits per heavy atom. The van der Waals surface area contributed by atoms with Gasteiger partial charge in [0.25, 0.3) is 0 Å². The van der Waals surface area contributed by atoms with Gasteiger partial charge in [0.05, 0.1) is 12.7 Å². The van der Waals surface area contributed by atoms with Gasteiger partial charge in [0.2, 0.25) is 5.91 Å². The number of nitrogens with one attached hydrogen (secondary N) is 1. The lowest BCUT2D eigenvalue weighted by Gasteiger charge is -2.33. The lowest BCUT2D eigenvalue weighted by molar-refractivity contribution is -0.131. The fourth-order valence-electron chi connectivity index (χ4n) is 3.52. The molecule has 0 bridgehead atoms. The van der Waals surface area contributed by atoms with E-state index in [-0.39, 0.29) is 6.17 Å². The molecule has 1 N–H and O–H groups in total. The van der Waals surface area contributed by atoms with E-state index >= 15 is 0 Å².